The van der Waals surface area contributed by atoms with Crippen LogP contribution in [0.25, 0.3) is 0 Å². The first kappa shape index (κ1) is 14.0. The molecule has 1 N–H and O–H groups in total. The van der Waals surface area contributed by atoms with Crippen molar-refractivity contribution >= 4 is 5.91 Å². The Morgan fingerprint density at radius 1 is 1.32 bits per heavy atom. The maximum atomic E-state index is 12.1. The average Bonchev–Trinajstić information content (AvgIpc) is 2.46. The summed E-state index contributed by atoms with van der Waals surface area (Å²) < 4.78 is 0. The molecule has 0 saturated heterocycles. The summed E-state index contributed by atoms with van der Waals surface area (Å²) in [4.78, 5) is 18.0. The molecule has 0 aromatic carbocycles. The Hall–Kier alpha value is -1.42. The lowest BCUT2D eigenvalue weighted by Gasteiger charge is -2.33. The number of hydrogen-bond donors (Lipinski definition) is 1. The van der Waals surface area contributed by atoms with Gasteiger partial charge in [-0.25, -0.2) is 0 Å². The molecule has 2 rings (SSSR count). The van der Waals surface area contributed by atoms with Gasteiger partial charge in [0.05, 0.1) is 6.10 Å². The zero-order valence-electron chi connectivity index (χ0n) is 11.5. The van der Waals surface area contributed by atoms with E-state index in [4.69, 9.17) is 0 Å². The smallest absolute Gasteiger partial charge is 0.222 e. The number of aliphatic hydroxyl groups excluding tert-OH is 1. The van der Waals surface area contributed by atoms with Gasteiger partial charge in [0.15, 0.2) is 0 Å². The van der Waals surface area contributed by atoms with Crippen molar-refractivity contribution in [3.05, 3.63) is 30.1 Å². The van der Waals surface area contributed by atoms with Crippen molar-refractivity contribution < 1.29 is 9.90 Å². The van der Waals surface area contributed by atoms with Crippen molar-refractivity contribution in [2.75, 3.05) is 7.05 Å². The third kappa shape index (κ3) is 4.03. The van der Waals surface area contributed by atoms with Crippen LogP contribution in [0.2, 0.25) is 0 Å². The van der Waals surface area contributed by atoms with Crippen molar-refractivity contribution in [1.82, 2.24) is 9.88 Å². The highest BCUT2D eigenvalue weighted by atomic mass is 16.3. The van der Waals surface area contributed by atoms with E-state index in [1.54, 1.807) is 12.4 Å². The Bertz CT molecular complexity index is 400. The number of carbonyl (C=O) groups is 1. The molecular formula is C15H22N2O2. The van der Waals surface area contributed by atoms with Crippen LogP contribution in [0.15, 0.2) is 24.5 Å². The Balaban J connectivity index is 1.79. The second kappa shape index (κ2) is 6.66. The SMILES string of the molecule is CN(C(=O)CCc1ccncc1)C1CCC(O)CC1. The average molecular weight is 262 g/mol. The molecule has 1 aliphatic carbocycles. The zero-order chi connectivity index (χ0) is 13.7. The van der Waals surface area contributed by atoms with Crippen molar-refractivity contribution in [1.29, 1.82) is 0 Å². The van der Waals surface area contributed by atoms with Crippen molar-refractivity contribution in [3.63, 3.8) is 0 Å². The van der Waals surface area contributed by atoms with Crippen molar-refractivity contribution in [2.45, 2.75) is 50.7 Å². The zero-order valence-corrected chi connectivity index (χ0v) is 11.5. The third-order valence-corrected chi connectivity index (χ3v) is 3.98. The standard InChI is InChI=1S/C15H22N2O2/c1-17(13-3-5-14(18)6-4-13)15(19)7-2-12-8-10-16-11-9-12/h8-11,13-14,18H,2-7H2,1H3. The van der Waals surface area contributed by atoms with E-state index in [9.17, 15) is 9.90 Å². The van der Waals surface area contributed by atoms with Crippen LogP contribution in [0, 0.1) is 0 Å². The molecule has 1 saturated carbocycles. The van der Waals surface area contributed by atoms with E-state index in [1.807, 2.05) is 24.1 Å². The summed E-state index contributed by atoms with van der Waals surface area (Å²) in [5.74, 6) is 0.193. The highest BCUT2D eigenvalue weighted by Gasteiger charge is 2.25. The highest BCUT2D eigenvalue weighted by molar-refractivity contribution is 5.76. The summed E-state index contributed by atoms with van der Waals surface area (Å²) in [5, 5.41) is 9.49. The van der Waals surface area contributed by atoms with E-state index >= 15 is 0 Å². The van der Waals surface area contributed by atoms with Crippen LogP contribution in [0.1, 0.15) is 37.7 Å². The van der Waals surface area contributed by atoms with E-state index < -0.39 is 0 Å². The Labute approximate surface area is 114 Å². The van der Waals surface area contributed by atoms with Gasteiger partial charge in [-0.05, 0) is 49.8 Å². The molecule has 4 heteroatoms. The van der Waals surface area contributed by atoms with Crippen LogP contribution in [0.4, 0.5) is 0 Å². The number of pyridine rings is 1. The fourth-order valence-corrected chi connectivity index (χ4v) is 2.63. The van der Waals surface area contributed by atoms with Crippen LogP contribution in [0.5, 0.6) is 0 Å². The van der Waals surface area contributed by atoms with Crippen LogP contribution in [-0.2, 0) is 11.2 Å². The summed E-state index contributed by atoms with van der Waals surface area (Å²) in [7, 11) is 1.89. The van der Waals surface area contributed by atoms with Gasteiger partial charge in [0.2, 0.25) is 5.91 Å². The summed E-state index contributed by atoms with van der Waals surface area (Å²) >= 11 is 0. The summed E-state index contributed by atoms with van der Waals surface area (Å²) in [6.07, 6.45) is 8.10. The van der Waals surface area contributed by atoms with Crippen LogP contribution in [-0.4, -0.2) is 40.1 Å². The van der Waals surface area contributed by atoms with Gasteiger partial charge in [0.1, 0.15) is 0 Å². The molecule has 104 valence electrons. The molecule has 1 amide bonds. The first-order valence-electron chi connectivity index (χ1n) is 6.99. The minimum atomic E-state index is -0.170. The van der Waals surface area contributed by atoms with E-state index in [0.29, 0.717) is 12.5 Å². The predicted octanol–water partition coefficient (Wildman–Crippen LogP) is 1.78. The van der Waals surface area contributed by atoms with E-state index in [-0.39, 0.29) is 12.0 Å². The molecule has 1 heterocycles. The minimum Gasteiger partial charge on any atom is -0.393 e. The van der Waals surface area contributed by atoms with Gasteiger partial charge in [0, 0.05) is 31.9 Å². The molecule has 0 unspecified atom stereocenters. The molecule has 1 aliphatic rings. The van der Waals surface area contributed by atoms with Crippen LogP contribution in [0.3, 0.4) is 0 Å². The largest absolute Gasteiger partial charge is 0.393 e. The number of rotatable bonds is 4. The van der Waals surface area contributed by atoms with Gasteiger partial charge < -0.3 is 10.0 Å². The van der Waals surface area contributed by atoms with Crippen LogP contribution < -0.4 is 0 Å². The second-order valence-electron chi connectivity index (χ2n) is 5.32. The third-order valence-electron chi connectivity index (χ3n) is 3.98. The lowest BCUT2D eigenvalue weighted by molar-refractivity contribution is -0.133. The monoisotopic (exact) mass is 262 g/mol. The molecule has 4 nitrogen and oxygen atoms in total. The number of aliphatic hydroxyl groups is 1. The molecule has 0 radical (unpaired) electrons. The highest BCUT2D eigenvalue weighted by Crippen LogP contribution is 2.22. The molecule has 0 spiro atoms. The lowest BCUT2D eigenvalue weighted by Crippen LogP contribution is -2.40. The topological polar surface area (TPSA) is 53.4 Å². The first-order chi connectivity index (χ1) is 9.16. The molecule has 0 bridgehead atoms. The van der Waals surface area contributed by atoms with E-state index in [2.05, 4.69) is 4.98 Å². The lowest BCUT2D eigenvalue weighted by atomic mass is 9.92. The number of nitrogens with zero attached hydrogens (tertiary/aromatic N) is 2. The quantitative estimate of drug-likeness (QED) is 0.900. The fraction of sp³-hybridized carbons (Fsp3) is 0.600. The summed E-state index contributed by atoms with van der Waals surface area (Å²) in [5.41, 5.74) is 1.15. The molecular weight excluding hydrogens is 240 g/mol. The van der Waals surface area contributed by atoms with Gasteiger partial charge in [-0.2, -0.15) is 0 Å². The summed E-state index contributed by atoms with van der Waals surface area (Å²) in [6.45, 7) is 0. The predicted molar refractivity (Wildman–Crippen MR) is 73.6 cm³/mol. The Morgan fingerprint density at radius 2 is 1.95 bits per heavy atom. The number of carbonyl (C=O) groups excluding carboxylic acids is 1. The Kier molecular flexibility index (Phi) is 4.91. The van der Waals surface area contributed by atoms with Gasteiger partial charge in [-0.15, -0.1) is 0 Å². The normalized spacial score (nSPS) is 23.1. The molecule has 1 aromatic heterocycles. The number of aryl methyl sites for hydroxylation is 1. The number of amides is 1. The number of aromatic nitrogens is 1. The molecule has 0 aliphatic heterocycles. The van der Waals surface area contributed by atoms with Crippen LogP contribution >= 0.6 is 0 Å². The maximum absolute atomic E-state index is 12.1. The maximum Gasteiger partial charge on any atom is 0.222 e. The second-order valence-corrected chi connectivity index (χ2v) is 5.32. The first-order valence-corrected chi connectivity index (χ1v) is 6.99. The van der Waals surface area contributed by atoms with Crippen molar-refractivity contribution in [3.8, 4) is 0 Å². The Morgan fingerprint density at radius 3 is 2.58 bits per heavy atom. The van der Waals surface area contributed by atoms with Gasteiger partial charge in [0.25, 0.3) is 0 Å². The molecule has 0 atom stereocenters. The van der Waals surface area contributed by atoms with Gasteiger partial charge >= 0.3 is 0 Å². The molecule has 1 fully saturated rings. The van der Waals surface area contributed by atoms with Gasteiger partial charge in [-0.1, -0.05) is 0 Å². The van der Waals surface area contributed by atoms with Gasteiger partial charge in [-0.3, -0.25) is 9.78 Å². The molecule has 19 heavy (non-hydrogen) atoms. The van der Waals surface area contributed by atoms with Crippen molar-refractivity contribution in [2.24, 2.45) is 0 Å². The minimum absolute atomic E-state index is 0.170. The number of hydrogen-bond acceptors (Lipinski definition) is 3. The molecule has 1 aromatic rings. The van der Waals surface area contributed by atoms with E-state index in [0.717, 1.165) is 37.7 Å². The van der Waals surface area contributed by atoms with E-state index in [1.165, 1.54) is 0 Å². The fourth-order valence-electron chi connectivity index (χ4n) is 2.63. The summed E-state index contributed by atoms with van der Waals surface area (Å²) in [6, 6.07) is 4.20.